The lowest BCUT2D eigenvalue weighted by Gasteiger charge is -2.14. The van der Waals surface area contributed by atoms with E-state index in [0.717, 1.165) is 37.8 Å². The average molecular weight is 791 g/mol. The number of nitrogens with one attached hydrogen (secondary N) is 4. The molecular weight excluding hydrogens is 728 g/mol. The lowest BCUT2D eigenvalue weighted by molar-refractivity contribution is -0.139. The molecule has 0 heterocycles. The van der Waals surface area contributed by atoms with Gasteiger partial charge in [-0.25, -0.2) is 28.8 Å². The van der Waals surface area contributed by atoms with Gasteiger partial charge >= 0.3 is 36.3 Å². The summed E-state index contributed by atoms with van der Waals surface area (Å²) in [5, 5.41) is 9.29. The number of aryl methyl sites for hydroxylation is 2. The number of alkyl carbamates (subject to hydrolysis) is 4. The van der Waals surface area contributed by atoms with E-state index in [1.807, 2.05) is 36.4 Å². The highest BCUT2D eigenvalue weighted by atomic mass is 16.6. The molecule has 4 N–H and O–H groups in total. The molecule has 4 amide bonds. The maximum Gasteiger partial charge on any atom is 0.406 e. The molecule has 314 valence electrons. The number of benzene rings is 2. The number of rotatable bonds is 16. The monoisotopic (exact) mass is 790 g/mol. The van der Waals surface area contributed by atoms with Crippen molar-refractivity contribution in [3.05, 3.63) is 97.1 Å². The third-order valence-corrected chi connectivity index (χ3v) is 6.48. The van der Waals surface area contributed by atoms with E-state index in [2.05, 4.69) is 98.4 Å². The van der Waals surface area contributed by atoms with Crippen molar-refractivity contribution in [2.45, 2.75) is 46.5 Å². The molecule has 0 spiro atoms. The summed E-state index contributed by atoms with van der Waals surface area (Å²) in [7, 11) is 5.96. The highest BCUT2D eigenvalue weighted by molar-refractivity contribution is 5.81. The van der Waals surface area contributed by atoms with Crippen molar-refractivity contribution in [2.75, 3.05) is 67.8 Å². The van der Waals surface area contributed by atoms with Gasteiger partial charge in [-0.2, -0.15) is 0 Å². The summed E-state index contributed by atoms with van der Waals surface area (Å²) in [4.78, 5) is 63.4. The fourth-order valence-electron chi connectivity index (χ4n) is 3.44. The van der Waals surface area contributed by atoms with Crippen molar-refractivity contribution in [3.8, 4) is 0 Å². The SMILES string of the molecule is C=CC(=O)OCCOC(=O)NC.C=CC(=O)OCCOC(=O)NC.CCC(CCCOC(=O)NC)CCOC(=O)NC.Cc1ccccc1.Cc1ccccc1. The van der Waals surface area contributed by atoms with Crippen LogP contribution in [0.3, 0.4) is 0 Å². The molecule has 2 aromatic rings. The summed E-state index contributed by atoms with van der Waals surface area (Å²) in [5.41, 5.74) is 2.64. The molecule has 16 heteroatoms. The molecule has 0 aliphatic heterocycles. The second-order valence-corrected chi connectivity index (χ2v) is 10.8. The minimum Gasteiger partial charge on any atom is -0.459 e. The number of hydrogen-bond donors (Lipinski definition) is 4. The van der Waals surface area contributed by atoms with E-state index in [1.54, 1.807) is 0 Å². The first-order valence-electron chi connectivity index (χ1n) is 17.8. The van der Waals surface area contributed by atoms with E-state index in [9.17, 15) is 28.8 Å². The Morgan fingerprint density at radius 2 is 0.839 bits per heavy atom. The van der Waals surface area contributed by atoms with Gasteiger partial charge in [0.2, 0.25) is 0 Å². The Morgan fingerprint density at radius 1 is 0.518 bits per heavy atom. The molecular formula is C40H62N4O12. The van der Waals surface area contributed by atoms with Crippen LogP contribution in [-0.2, 0) is 38.0 Å². The molecule has 0 fully saturated rings. The molecule has 0 saturated heterocycles. The largest absolute Gasteiger partial charge is 0.459 e. The van der Waals surface area contributed by atoms with Crippen LogP contribution < -0.4 is 21.3 Å². The molecule has 2 rings (SSSR count). The first-order valence-corrected chi connectivity index (χ1v) is 17.8. The van der Waals surface area contributed by atoms with Gasteiger partial charge in [0.1, 0.15) is 26.4 Å². The van der Waals surface area contributed by atoms with Crippen LogP contribution in [0.1, 0.15) is 43.7 Å². The van der Waals surface area contributed by atoms with Crippen molar-refractivity contribution in [1.29, 1.82) is 0 Å². The van der Waals surface area contributed by atoms with Gasteiger partial charge in [-0.1, -0.05) is 98.3 Å². The van der Waals surface area contributed by atoms with Crippen molar-refractivity contribution in [2.24, 2.45) is 5.92 Å². The predicted octanol–water partition coefficient (Wildman–Crippen LogP) is 6.03. The van der Waals surface area contributed by atoms with E-state index in [4.69, 9.17) is 9.47 Å². The fourth-order valence-corrected chi connectivity index (χ4v) is 3.44. The molecule has 56 heavy (non-hydrogen) atoms. The molecule has 1 atom stereocenters. The van der Waals surface area contributed by atoms with Crippen LogP contribution >= 0.6 is 0 Å². The van der Waals surface area contributed by atoms with Crippen LogP contribution in [0.2, 0.25) is 0 Å². The van der Waals surface area contributed by atoms with Crippen LogP contribution in [0.15, 0.2) is 86.0 Å². The average Bonchev–Trinajstić information content (AvgIpc) is 3.22. The summed E-state index contributed by atoms with van der Waals surface area (Å²) in [6.45, 7) is 13.7. The zero-order valence-electron chi connectivity index (χ0n) is 33.9. The van der Waals surface area contributed by atoms with Crippen molar-refractivity contribution in [1.82, 2.24) is 21.3 Å². The van der Waals surface area contributed by atoms with Gasteiger partial charge in [0, 0.05) is 40.3 Å². The predicted molar refractivity (Wildman–Crippen MR) is 214 cm³/mol. The Labute approximate surface area is 331 Å². The molecule has 0 aliphatic carbocycles. The van der Waals surface area contributed by atoms with Gasteiger partial charge in [0.05, 0.1) is 13.2 Å². The zero-order valence-corrected chi connectivity index (χ0v) is 33.9. The standard InChI is InChI=1S/C12H24N2O4.2C7H11NO4.2C7H8/c1-4-10(7-9-18-12(16)14-3)6-5-8-17-11(15)13-2;2*1-3-6(9)11-4-5-12-7(10)8-2;2*1-7-5-3-2-4-6-7/h10H,4-9H2,1-3H3,(H,13,15)(H,14,16);2*3H,1,4-5H2,2H3,(H,8,10);2*2-6H,1H3. The number of hydrogen-bond acceptors (Lipinski definition) is 12. The lowest BCUT2D eigenvalue weighted by atomic mass is 9.97. The zero-order chi connectivity index (χ0) is 42.8. The van der Waals surface area contributed by atoms with Crippen molar-refractivity contribution >= 4 is 36.3 Å². The second-order valence-electron chi connectivity index (χ2n) is 10.8. The molecule has 0 saturated carbocycles. The normalized spacial score (nSPS) is 9.48. The van der Waals surface area contributed by atoms with E-state index in [-0.39, 0.29) is 26.4 Å². The molecule has 0 aromatic heterocycles. The van der Waals surface area contributed by atoms with Crippen LogP contribution in [0, 0.1) is 19.8 Å². The third-order valence-electron chi connectivity index (χ3n) is 6.48. The van der Waals surface area contributed by atoms with Crippen LogP contribution in [0.4, 0.5) is 19.2 Å². The van der Waals surface area contributed by atoms with E-state index >= 15 is 0 Å². The Kier molecular flexibility index (Phi) is 38.9. The smallest absolute Gasteiger partial charge is 0.406 e. The number of carbonyl (C=O) groups excluding carboxylic acids is 6. The molecule has 1 unspecified atom stereocenters. The topological polar surface area (TPSA) is 206 Å². The Hall–Kier alpha value is -6.06. The summed E-state index contributed by atoms with van der Waals surface area (Å²) in [6, 6.07) is 20.5. The highest BCUT2D eigenvalue weighted by Crippen LogP contribution is 2.15. The minimum absolute atomic E-state index is 0.0400. The summed E-state index contributed by atoms with van der Waals surface area (Å²) >= 11 is 0. The van der Waals surface area contributed by atoms with E-state index in [1.165, 1.54) is 39.3 Å². The lowest BCUT2D eigenvalue weighted by Crippen LogP contribution is -2.21. The molecule has 16 nitrogen and oxygen atoms in total. The van der Waals surface area contributed by atoms with Crippen molar-refractivity contribution < 1.29 is 57.2 Å². The van der Waals surface area contributed by atoms with Crippen molar-refractivity contribution in [3.63, 3.8) is 0 Å². The molecule has 0 bridgehead atoms. The summed E-state index contributed by atoms with van der Waals surface area (Å²) < 4.78 is 27.9. The first kappa shape index (κ1) is 54.3. The molecule has 0 radical (unpaired) electrons. The molecule has 2 aromatic carbocycles. The van der Waals surface area contributed by atoms with Gasteiger partial charge < -0.3 is 49.7 Å². The summed E-state index contributed by atoms with van der Waals surface area (Å²) in [5.74, 6) is -0.575. The fraction of sp³-hybridized carbons (Fsp3) is 0.450. The maximum absolute atomic E-state index is 10.9. The van der Waals surface area contributed by atoms with E-state index in [0.29, 0.717) is 19.1 Å². The molecule has 0 aliphatic rings. The van der Waals surface area contributed by atoms with Crippen LogP contribution in [0.25, 0.3) is 0 Å². The number of ether oxygens (including phenoxy) is 6. The Balaban J connectivity index is -0.000000654. The maximum atomic E-state index is 10.9. The summed E-state index contributed by atoms with van der Waals surface area (Å²) in [6.07, 6.45) is 3.84. The van der Waals surface area contributed by atoms with Gasteiger partial charge in [0.25, 0.3) is 0 Å². The first-order chi connectivity index (χ1) is 26.8. The van der Waals surface area contributed by atoms with Gasteiger partial charge in [-0.3, -0.25) is 0 Å². The quantitative estimate of drug-likeness (QED) is 0.0666. The van der Waals surface area contributed by atoms with Gasteiger partial charge in [0.15, 0.2) is 0 Å². The number of esters is 2. The van der Waals surface area contributed by atoms with Gasteiger partial charge in [-0.15, -0.1) is 0 Å². The van der Waals surface area contributed by atoms with E-state index < -0.39 is 36.3 Å². The number of amides is 4. The second kappa shape index (κ2) is 40.1. The van der Waals surface area contributed by atoms with Crippen LogP contribution in [0.5, 0.6) is 0 Å². The highest BCUT2D eigenvalue weighted by Gasteiger charge is 2.08. The Bertz CT molecular complexity index is 1270. The number of carbonyl (C=O) groups is 6. The minimum atomic E-state index is -0.551. The third kappa shape index (κ3) is 40.7. The van der Waals surface area contributed by atoms with Crippen LogP contribution in [-0.4, -0.2) is 104 Å². The van der Waals surface area contributed by atoms with Gasteiger partial charge in [-0.05, 0) is 39.0 Å². The Morgan fingerprint density at radius 3 is 1.12 bits per heavy atom.